The molecule has 0 N–H and O–H groups in total. The predicted molar refractivity (Wildman–Crippen MR) is 110 cm³/mol. The summed E-state index contributed by atoms with van der Waals surface area (Å²) >= 11 is 0. The maximum absolute atomic E-state index is 12.5. The average molecular weight is 394 g/mol. The lowest BCUT2D eigenvalue weighted by Gasteiger charge is -2.12. The minimum Gasteiger partial charge on any atom is -0.493 e. The molecule has 6 nitrogen and oxygen atoms in total. The summed E-state index contributed by atoms with van der Waals surface area (Å²) in [5, 5.41) is 0.434. The lowest BCUT2D eigenvalue weighted by molar-refractivity contribution is 0.0731. The molecule has 6 heteroatoms. The summed E-state index contributed by atoms with van der Waals surface area (Å²) in [7, 11) is 1.32. The van der Waals surface area contributed by atoms with Gasteiger partial charge in [-0.2, -0.15) is 0 Å². The first-order chi connectivity index (χ1) is 14.1. The van der Waals surface area contributed by atoms with Crippen molar-refractivity contribution < 1.29 is 23.4 Å². The van der Waals surface area contributed by atoms with E-state index in [9.17, 15) is 9.59 Å². The largest absolute Gasteiger partial charge is 0.493 e. The number of ether oxygens (including phenoxy) is 3. The highest BCUT2D eigenvalue weighted by atomic mass is 16.6. The molecule has 1 heterocycles. The summed E-state index contributed by atoms with van der Waals surface area (Å²) in [6, 6.07) is 13.5. The molecule has 0 saturated carbocycles. The second-order valence-corrected chi connectivity index (χ2v) is 6.18. The summed E-state index contributed by atoms with van der Waals surface area (Å²) in [6.07, 6.45) is 5.88. The number of benzene rings is 2. The van der Waals surface area contributed by atoms with Gasteiger partial charge in [0.1, 0.15) is 11.3 Å². The number of allylic oxidation sites excluding steroid dienone is 1. The van der Waals surface area contributed by atoms with Crippen LogP contribution in [0, 0.1) is 0 Å². The molecule has 0 spiro atoms. The van der Waals surface area contributed by atoms with E-state index >= 15 is 0 Å². The van der Waals surface area contributed by atoms with Crippen LogP contribution in [0.15, 0.2) is 69.9 Å². The molecule has 2 aromatic carbocycles. The molecular weight excluding hydrogens is 372 g/mol. The Hall–Kier alpha value is -3.54. The molecule has 0 amide bonds. The Balaban J connectivity index is 1.92. The molecular formula is C23H22O6. The van der Waals surface area contributed by atoms with Crippen molar-refractivity contribution in [1.82, 2.24) is 0 Å². The number of methoxy groups -OCH3 is 1. The van der Waals surface area contributed by atoms with E-state index in [1.54, 1.807) is 48.5 Å². The van der Waals surface area contributed by atoms with Gasteiger partial charge in [-0.1, -0.05) is 37.3 Å². The molecule has 0 unspecified atom stereocenters. The Morgan fingerprint density at radius 3 is 2.59 bits per heavy atom. The number of carbonyl (C=O) groups is 1. The molecule has 0 saturated heterocycles. The Bertz CT molecular complexity index is 1070. The van der Waals surface area contributed by atoms with Crippen LogP contribution in [0.5, 0.6) is 17.2 Å². The molecule has 150 valence electrons. The van der Waals surface area contributed by atoms with E-state index in [2.05, 4.69) is 13.0 Å². The van der Waals surface area contributed by atoms with Gasteiger partial charge in [0.15, 0.2) is 5.75 Å². The zero-order chi connectivity index (χ0) is 20.6. The van der Waals surface area contributed by atoms with Crippen LogP contribution >= 0.6 is 0 Å². The van der Waals surface area contributed by atoms with E-state index in [0.717, 1.165) is 12.8 Å². The fourth-order valence-electron chi connectivity index (χ4n) is 2.76. The van der Waals surface area contributed by atoms with Gasteiger partial charge in [0.05, 0.1) is 24.7 Å². The Labute approximate surface area is 168 Å². The maximum atomic E-state index is 12.5. The molecule has 0 fully saturated rings. The fourth-order valence-corrected chi connectivity index (χ4v) is 2.76. The highest BCUT2D eigenvalue weighted by Gasteiger charge is 2.21. The van der Waals surface area contributed by atoms with Crippen LogP contribution in [0.4, 0.5) is 0 Å². The molecule has 0 bridgehead atoms. The van der Waals surface area contributed by atoms with Gasteiger partial charge in [-0.15, -0.1) is 0 Å². The van der Waals surface area contributed by atoms with Gasteiger partial charge in [0.25, 0.3) is 0 Å². The molecule has 3 rings (SSSR count). The van der Waals surface area contributed by atoms with Crippen LogP contribution < -0.4 is 19.8 Å². The second-order valence-electron chi connectivity index (χ2n) is 6.18. The molecule has 1 aromatic heterocycles. The monoisotopic (exact) mass is 394 g/mol. The Kier molecular flexibility index (Phi) is 6.68. The van der Waals surface area contributed by atoms with Crippen LogP contribution in [0.25, 0.3) is 11.0 Å². The number of fused-ring (bicyclic) bond motifs is 1. The molecule has 0 atom stereocenters. The standard InChI is InChI=1S/C23H22O6/c1-3-4-5-9-14-27-17-12-13-18-19(15-17)28-23(25)21(26-2)20(18)29-22(24)16-10-7-6-8-11-16/h4-8,10-13,15H,3,9,14H2,1-2H3. The van der Waals surface area contributed by atoms with Crippen LogP contribution in [0.3, 0.4) is 0 Å². The van der Waals surface area contributed by atoms with Gasteiger partial charge in [-0.05, 0) is 37.1 Å². The van der Waals surface area contributed by atoms with E-state index < -0.39 is 11.6 Å². The number of carbonyl (C=O) groups excluding carboxylic acids is 1. The van der Waals surface area contributed by atoms with Crippen molar-refractivity contribution in [3.05, 3.63) is 76.7 Å². The molecule has 0 aliphatic heterocycles. The third-order valence-corrected chi connectivity index (χ3v) is 4.16. The van der Waals surface area contributed by atoms with Crippen LogP contribution in [0.2, 0.25) is 0 Å². The van der Waals surface area contributed by atoms with Gasteiger partial charge in [-0.25, -0.2) is 9.59 Å². The van der Waals surface area contributed by atoms with Gasteiger partial charge in [-0.3, -0.25) is 0 Å². The minimum absolute atomic E-state index is 0.0185. The Morgan fingerprint density at radius 1 is 1.07 bits per heavy atom. The highest BCUT2D eigenvalue weighted by Crippen LogP contribution is 2.35. The van der Waals surface area contributed by atoms with Crippen molar-refractivity contribution in [3.63, 3.8) is 0 Å². The van der Waals surface area contributed by atoms with E-state index in [4.69, 9.17) is 18.6 Å². The predicted octanol–water partition coefficient (Wildman–Crippen LogP) is 4.76. The zero-order valence-electron chi connectivity index (χ0n) is 16.3. The van der Waals surface area contributed by atoms with Crippen molar-refractivity contribution in [3.8, 4) is 17.2 Å². The first-order valence-corrected chi connectivity index (χ1v) is 9.34. The molecule has 3 aromatic rings. The lowest BCUT2D eigenvalue weighted by atomic mass is 10.2. The van der Waals surface area contributed by atoms with Crippen LogP contribution in [0.1, 0.15) is 30.1 Å². The summed E-state index contributed by atoms with van der Waals surface area (Å²) in [5.74, 6) is -0.194. The van der Waals surface area contributed by atoms with E-state index in [1.165, 1.54) is 7.11 Å². The summed E-state index contributed by atoms with van der Waals surface area (Å²) in [6.45, 7) is 2.57. The Morgan fingerprint density at radius 2 is 1.86 bits per heavy atom. The van der Waals surface area contributed by atoms with E-state index in [0.29, 0.717) is 23.3 Å². The van der Waals surface area contributed by atoms with Gasteiger partial charge in [0, 0.05) is 6.07 Å². The van der Waals surface area contributed by atoms with Crippen LogP contribution in [-0.4, -0.2) is 19.7 Å². The molecule has 29 heavy (non-hydrogen) atoms. The number of rotatable bonds is 8. The topological polar surface area (TPSA) is 75.0 Å². The van der Waals surface area contributed by atoms with Crippen molar-refractivity contribution in [2.45, 2.75) is 19.8 Å². The molecule has 0 aliphatic rings. The van der Waals surface area contributed by atoms with Crippen LogP contribution in [-0.2, 0) is 0 Å². The van der Waals surface area contributed by atoms with Crippen molar-refractivity contribution in [2.75, 3.05) is 13.7 Å². The van der Waals surface area contributed by atoms with Crippen molar-refractivity contribution in [1.29, 1.82) is 0 Å². The van der Waals surface area contributed by atoms with Gasteiger partial charge < -0.3 is 18.6 Å². The normalized spacial score (nSPS) is 11.0. The van der Waals surface area contributed by atoms with Gasteiger partial charge >= 0.3 is 11.6 Å². The number of esters is 1. The lowest BCUT2D eigenvalue weighted by Crippen LogP contribution is -2.13. The molecule has 0 aliphatic carbocycles. The number of hydrogen-bond donors (Lipinski definition) is 0. The highest BCUT2D eigenvalue weighted by molar-refractivity contribution is 5.95. The maximum Gasteiger partial charge on any atom is 0.383 e. The van der Waals surface area contributed by atoms with E-state index in [1.807, 2.05) is 6.08 Å². The minimum atomic E-state index is -0.737. The quantitative estimate of drug-likeness (QED) is 0.237. The van der Waals surface area contributed by atoms with Crippen molar-refractivity contribution >= 4 is 16.9 Å². The van der Waals surface area contributed by atoms with Crippen molar-refractivity contribution in [2.24, 2.45) is 0 Å². The zero-order valence-corrected chi connectivity index (χ0v) is 16.3. The third kappa shape index (κ3) is 4.85. The smallest absolute Gasteiger partial charge is 0.383 e. The summed E-state index contributed by atoms with van der Waals surface area (Å²) in [4.78, 5) is 24.8. The average Bonchev–Trinajstić information content (AvgIpc) is 2.74. The number of hydrogen-bond acceptors (Lipinski definition) is 6. The summed E-state index contributed by atoms with van der Waals surface area (Å²) in [5.41, 5.74) is -0.136. The fraction of sp³-hybridized carbons (Fsp3) is 0.217. The van der Waals surface area contributed by atoms with Gasteiger partial charge in [0.2, 0.25) is 5.75 Å². The summed E-state index contributed by atoms with van der Waals surface area (Å²) < 4.78 is 21.7. The molecule has 0 radical (unpaired) electrons. The first-order valence-electron chi connectivity index (χ1n) is 9.34. The SMILES string of the molecule is CCC=CCCOc1ccc2c(OC(=O)c3ccccc3)c(OC)c(=O)oc2c1. The first kappa shape index (κ1) is 20.2. The van der Waals surface area contributed by atoms with E-state index in [-0.39, 0.29) is 17.1 Å². The second kappa shape index (κ2) is 9.59. The third-order valence-electron chi connectivity index (χ3n) is 4.16.